The topological polar surface area (TPSA) is 34.0 Å². The van der Waals surface area contributed by atoms with E-state index in [4.69, 9.17) is 13.6 Å². The van der Waals surface area contributed by atoms with Crippen LogP contribution >= 0.6 is 47.6 Å². The van der Waals surface area contributed by atoms with E-state index in [1.807, 2.05) is 0 Å². The Balaban J connectivity index is 0.000000608. The number of hydrogen-bond donors (Lipinski definition) is 0. The van der Waals surface area contributed by atoms with Gasteiger partial charge < -0.3 is 13.6 Å². The SMILES string of the molecule is C1CCOC1.C[Si](C)(C)N=P([CH-]P(=N[Si](C)(C)C)(c1ccccc1)c1ccccc1)(c1ccccc1)c1ccccc1.[I][U][I]. The van der Waals surface area contributed by atoms with Crippen LogP contribution in [0.5, 0.6) is 0 Å². The van der Waals surface area contributed by atoms with Gasteiger partial charge in [-0.05, 0) is 34.1 Å². The van der Waals surface area contributed by atoms with Gasteiger partial charge in [-0.25, -0.2) is 5.90 Å². The van der Waals surface area contributed by atoms with Crippen molar-refractivity contribution in [3.05, 3.63) is 127 Å². The molecule has 0 aromatic heterocycles. The second kappa shape index (κ2) is 19.4. The van der Waals surface area contributed by atoms with E-state index in [2.05, 4.69) is 200 Å². The molecule has 0 N–H and O–H groups in total. The zero-order valence-corrected chi connectivity index (χ0v) is 39.7. The third kappa shape index (κ3) is 12.6. The summed E-state index contributed by atoms with van der Waals surface area (Å²) in [6, 6.07) is 44.1. The summed E-state index contributed by atoms with van der Waals surface area (Å²) in [7, 11) is -8.42. The van der Waals surface area contributed by atoms with Crippen molar-refractivity contribution in [1.29, 1.82) is 0 Å². The minimum absolute atomic E-state index is 0.0651. The Morgan fingerprint density at radius 3 is 0.956 bits per heavy atom. The molecule has 1 heterocycles. The van der Waals surface area contributed by atoms with Gasteiger partial charge in [-0.15, -0.1) is 14.1 Å². The Bertz CT molecular complexity index is 1320. The van der Waals surface area contributed by atoms with Crippen molar-refractivity contribution >= 4 is 85.3 Å². The van der Waals surface area contributed by atoms with Crippen LogP contribution in [0.15, 0.2) is 130 Å². The predicted molar refractivity (Wildman–Crippen MR) is 222 cm³/mol. The average molecular weight is 1120 g/mol. The van der Waals surface area contributed by atoms with E-state index >= 15 is 0 Å². The first-order chi connectivity index (χ1) is 21.5. The van der Waals surface area contributed by atoms with Crippen molar-refractivity contribution in [1.82, 2.24) is 0 Å². The number of benzene rings is 4. The van der Waals surface area contributed by atoms with Crippen LogP contribution in [0.4, 0.5) is 0 Å². The van der Waals surface area contributed by atoms with Crippen LogP contribution in [0, 0.1) is 24.4 Å². The molecule has 0 saturated carbocycles. The van der Waals surface area contributed by atoms with Gasteiger partial charge in [-0.2, -0.15) is 0 Å². The van der Waals surface area contributed by atoms with Crippen molar-refractivity contribution < 1.29 is 23.2 Å². The molecule has 3 nitrogen and oxygen atoms in total. The van der Waals surface area contributed by atoms with E-state index in [-0.39, 0.29) is 18.5 Å². The normalized spacial score (nSPS) is 13.3. The number of ether oxygens (including phenoxy) is 1. The van der Waals surface area contributed by atoms with Crippen LogP contribution in [-0.4, -0.2) is 29.7 Å². The Kier molecular flexibility index (Phi) is 17.1. The molecule has 240 valence electrons. The fourth-order valence-electron chi connectivity index (χ4n) is 5.17. The fraction of sp³-hybridized carbons (Fsp3) is 0.286. The molecule has 0 amide bonds. The molecule has 0 aliphatic carbocycles. The zero-order valence-electron chi connectivity index (χ0n) is 27.4. The van der Waals surface area contributed by atoms with E-state index in [9.17, 15) is 0 Å². The monoisotopic (exact) mass is 1120 g/mol. The van der Waals surface area contributed by atoms with Gasteiger partial charge in [0.2, 0.25) is 0 Å². The number of nitrogens with zero attached hydrogens (tertiary/aromatic N) is 2. The van der Waals surface area contributed by atoms with Crippen molar-refractivity contribution in [3.63, 3.8) is 0 Å². The van der Waals surface area contributed by atoms with Gasteiger partial charge in [0.25, 0.3) is 0 Å². The minimum atomic E-state index is -2.32. The fourth-order valence-corrected chi connectivity index (χ4v) is 23.1. The quantitative estimate of drug-likeness (QED) is 0.0749. The van der Waals surface area contributed by atoms with Gasteiger partial charge in [0.15, 0.2) is 16.5 Å². The number of halogens is 2. The van der Waals surface area contributed by atoms with E-state index in [1.54, 1.807) is 0 Å². The summed E-state index contributed by atoms with van der Waals surface area (Å²) in [6.07, 6.45) is 2.56. The van der Waals surface area contributed by atoms with E-state index in [1.165, 1.54) is 34.1 Å². The van der Waals surface area contributed by atoms with E-state index in [0.29, 0.717) is 0 Å². The number of hydrogen-bond acceptors (Lipinski definition) is 3. The van der Waals surface area contributed by atoms with Gasteiger partial charge in [0, 0.05) is 13.2 Å². The second-order valence-corrected chi connectivity index (χ2v) is 58.7. The van der Waals surface area contributed by atoms with Crippen LogP contribution < -0.4 is 21.2 Å². The molecule has 4 aromatic rings. The van der Waals surface area contributed by atoms with Crippen LogP contribution in [0.2, 0.25) is 39.3 Å². The summed E-state index contributed by atoms with van der Waals surface area (Å²) < 4.78 is 16.8. The molecule has 1 fully saturated rings. The molecular weight excluding hydrogens is 1070 g/mol. The Morgan fingerprint density at radius 2 is 0.778 bits per heavy atom. The molecule has 0 bridgehead atoms. The summed E-state index contributed by atoms with van der Waals surface area (Å²) in [5, 5.41) is 5.24. The molecule has 45 heavy (non-hydrogen) atoms. The summed E-state index contributed by atoms with van der Waals surface area (Å²) in [5.74, 6) is 2.69. The van der Waals surface area contributed by atoms with Gasteiger partial charge in [-0.1, -0.05) is 161 Å². The summed E-state index contributed by atoms with van der Waals surface area (Å²) >= 11 is 4.90. The maximum absolute atomic E-state index is 5.92. The molecule has 5 rings (SSSR count). The van der Waals surface area contributed by atoms with Gasteiger partial charge >= 0.3 is 52.0 Å². The second-order valence-electron chi connectivity index (χ2n) is 12.8. The van der Waals surface area contributed by atoms with Crippen molar-refractivity contribution in [2.24, 2.45) is 8.82 Å². The summed E-state index contributed by atoms with van der Waals surface area (Å²) in [6.45, 7) is 16.2. The average Bonchev–Trinajstić information content (AvgIpc) is 3.62. The van der Waals surface area contributed by atoms with Crippen LogP contribution in [0.1, 0.15) is 12.8 Å². The Labute approximate surface area is 306 Å². The van der Waals surface area contributed by atoms with Crippen LogP contribution in [0.3, 0.4) is 0 Å². The van der Waals surface area contributed by atoms with Gasteiger partial charge in [0.1, 0.15) is 0 Å². The first-order valence-electron chi connectivity index (χ1n) is 15.4. The van der Waals surface area contributed by atoms with E-state index in [0.717, 1.165) is 13.2 Å². The summed E-state index contributed by atoms with van der Waals surface area (Å²) in [5.41, 5.74) is 0. The predicted octanol–water partition coefficient (Wildman–Crippen LogP) is 11.0. The first-order valence-corrected chi connectivity index (χ1v) is 49.1. The Morgan fingerprint density at radius 1 is 0.533 bits per heavy atom. The third-order valence-electron chi connectivity index (χ3n) is 6.68. The van der Waals surface area contributed by atoms with Crippen molar-refractivity contribution in [3.8, 4) is 0 Å². The molecule has 0 unspecified atom stereocenters. The molecule has 1 aliphatic rings. The van der Waals surface area contributed by atoms with Gasteiger partial charge in [-0.3, -0.25) is 0 Å². The Hall–Kier alpha value is 0.246. The molecular formula is C35H47I2N2OP2Si2U-. The van der Waals surface area contributed by atoms with Crippen molar-refractivity contribution in [2.75, 3.05) is 13.2 Å². The molecule has 4 aromatic carbocycles. The van der Waals surface area contributed by atoms with Crippen LogP contribution in [-0.2, 0) is 4.74 Å². The maximum atomic E-state index is 5.92. The first kappa shape index (κ1) is 39.7. The molecule has 1 aliphatic heterocycles. The van der Waals surface area contributed by atoms with Crippen molar-refractivity contribution in [2.45, 2.75) is 52.1 Å². The molecule has 1 saturated heterocycles. The number of rotatable bonds is 8. The van der Waals surface area contributed by atoms with Gasteiger partial charge in [0.05, 0.1) is 0 Å². The van der Waals surface area contributed by atoms with E-state index < -0.39 is 30.6 Å². The molecule has 10 heteroatoms. The standard InChI is InChI=1S/C31H39N2P2Si2.C4H8O.2HI.U/c1-36(2,3)32-34(28-19-11-7-12-20-28,29-21-13-8-14-22-29)27-35(33-37(4,5)6,30-23-15-9-16-24-30)31-25-17-10-18-26-31;1-2-4-5-3-1;;;/h7-27H,1-6H3;1-4H2;2*1H;/q-1;;;;+2/p-2. The summed E-state index contributed by atoms with van der Waals surface area (Å²) in [4.78, 5) is 0. The third-order valence-corrected chi connectivity index (χ3v) is 21.0. The molecule has 0 atom stereocenters. The zero-order chi connectivity index (χ0) is 32.8. The molecule has 0 radical (unpaired) electrons. The molecule has 0 spiro atoms. The van der Waals surface area contributed by atoms with Crippen LogP contribution in [0.25, 0.3) is 0 Å².